The molecule has 11 heteroatoms. The fraction of sp³-hybridized carbons (Fsp3) is 0.571. The van der Waals surface area contributed by atoms with Crippen molar-refractivity contribution in [2.24, 2.45) is 0 Å². The van der Waals surface area contributed by atoms with Crippen molar-refractivity contribution in [1.29, 1.82) is 5.26 Å². The number of nitrogens with zero attached hydrogens (tertiary/aromatic N) is 4. The molecule has 212 valence electrons. The minimum Gasteiger partial charge on any atom is -0.375 e. The second-order valence-corrected chi connectivity index (χ2v) is 9.92. The summed E-state index contributed by atoms with van der Waals surface area (Å²) in [5.74, 6) is -1.19. The molecule has 0 radical (unpaired) electrons. The van der Waals surface area contributed by atoms with E-state index in [1.807, 2.05) is 4.90 Å². The normalized spacial score (nSPS) is 16.8. The van der Waals surface area contributed by atoms with Crippen molar-refractivity contribution < 1.29 is 32.3 Å². The van der Waals surface area contributed by atoms with Gasteiger partial charge in [0.2, 0.25) is 5.91 Å². The number of halogens is 3. The standard InChI is InChI=1S/C28H35F3N4O4/c1-20-23(27(38)35(26(20)37)22-11-10-21(18-32)24(17-22)28(29,30)31)9-7-5-3-4-6-8-12-33-13-15-34(16-14-33)25(36)19-39-2/h10-11,17H,3-9,12-16,19H2,1-2H3. The molecule has 0 aromatic heterocycles. The molecule has 1 fully saturated rings. The summed E-state index contributed by atoms with van der Waals surface area (Å²) in [5, 5.41) is 8.99. The minimum absolute atomic E-state index is 0.0318. The molecule has 0 aliphatic carbocycles. The summed E-state index contributed by atoms with van der Waals surface area (Å²) in [6, 6.07) is 4.36. The zero-order chi connectivity index (χ0) is 28.6. The summed E-state index contributed by atoms with van der Waals surface area (Å²) < 4.78 is 45.0. The van der Waals surface area contributed by atoms with Gasteiger partial charge in [0, 0.05) is 44.4 Å². The molecule has 2 heterocycles. The first-order valence-electron chi connectivity index (χ1n) is 13.3. The van der Waals surface area contributed by atoms with Crippen molar-refractivity contribution in [3.8, 4) is 6.07 Å². The number of anilines is 1. The van der Waals surface area contributed by atoms with Crippen LogP contribution in [0.5, 0.6) is 0 Å². The zero-order valence-corrected chi connectivity index (χ0v) is 22.5. The number of rotatable bonds is 12. The molecule has 8 nitrogen and oxygen atoms in total. The van der Waals surface area contributed by atoms with E-state index in [9.17, 15) is 27.6 Å². The SMILES string of the molecule is COCC(=O)N1CCN(CCCCCCCCC2=C(C)C(=O)N(c3ccc(C#N)c(C(F)(F)F)c3)C2=O)CC1. The number of amides is 3. The van der Waals surface area contributed by atoms with Crippen molar-refractivity contribution in [2.45, 2.75) is 58.0 Å². The Morgan fingerprint density at radius 2 is 1.64 bits per heavy atom. The van der Waals surface area contributed by atoms with E-state index in [1.165, 1.54) is 26.2 Å². The molecule has 3 rings (SSSR count). The number of ether oxygens (including phenoxy) is 1. The van der Waals surface area contributed by atoms with Crippen LogP contribution in [-0.4, -0.2) is 74.0 Å². The van der Waals surface area contributed by atoms with Crippen LogP contribution in [-0.2, 0) is 25.3 Å². The van der Waals surface area contributed by atoms with Gasteiger partial charge in [0.05, 0.1) is 22.9 Å². The molecule has 2 aliphatic rings. The first-order valence-corrected chi connectivity index (χ1v) is 13.3. The number of unbranched alkanes of at least 4 members (excludes halogenated alkanes) is 5. The second kappa shape index (κ2) is 13.7. The van der Waals surface area contributed by atoms with E-state index >= 15 is 0 Å². The number of nitriles is 1. The lowest BCUT2D eigenvalue weighted by Crippen LogP contribution is -2.49. The van der Waals surface area contributed by atoms with E-state index in [0.717, 1.165) is 75.8 Å². The lowest BCUT2D eigenvalue weighted by Gasteiger charge is -2.34. The molecule has 1 aromatic carbocycles. The molecule has 3 amide bonds. The molecule has 1 saturated heterocycles. The van der Waals surface area contributed by atoms with E-state index in [1.54, 1.807) is 0 Å². The predicted molar refractivity (Wildman–Crippen MR) is 139 cm³/mol. The molecular weight excluding hydrogens is 513 g/mol. The van der Waals surface area contributed by atoms with Gasteiger partial charge in [0.1, 0.15) is 6.61 Å². The Kier molecular flexibility index (Phi) is 10.7. The Morgan fingerprint density at radius 3 is 2.26 bits per heavy atom. The van der Waals surface area contributed by atoms with Gasteiger partial charge in [-0.2, -0.15) is 18.4 Å². The van der Waals surface area contributed by atoms with Gasteiger partial charge in [-0.3, -0.25) is 19.3 Å². The highest BCUT2D eigenvalue weighted by molar-refractivity contribution is 6.32. The molecule has 1 aromatic rings. The zero-order valence-electron chi connectivity index (χ0n) is 22.5. The Labute approximate surface area is 227 Å². The van der Waals surface area contributed by atoms with E-state index in [4.69, 9.17) is 10.00 Å². The molecule has 39 heavy (non-hydrogen) atoms. The summed E-state index contributed by atoms with van der Waals surface area (Å²) >= 11 is 0. The van der Waals surface area contributed by atoms with Gasteiger partial charge in [-0.05, 0) is 50.9 Å². The highest BCUT2D eigenvalue weighted by Crippen LogP contribution is 2.37. The Hall–Kier alpha value is -3.23. The fourth-order valence-electron chi connectivity index (χ4n) is 5.00. The van der Waals surface area contributed by atoms with Crippen LogP contribution in [0.1, 0.15) is 63.0 Å². The fourth-order valence-corrected chi connectivity index (χ4v) is 5.00. The van der Waals surface area contributed by atoms with Crippen LogP contribution in [0.15, 0.2) is 29.3 Å². The summed E-state index contributed by atoms with van der Waals surface area (Å²) in [6.07, 6.45) is 1.39. The maximum Gasteiger partial charge on any atom is 0.417 e. The summed E-state index contributed by atoms with van der Waals surface area (Å²) in [6.45, 7) is 5.84. The highest BCUT2D eigenvalue weighted by Gasteiger charge is 2.39. The van der Waals surface area contributed by atoms with Crippen LogP contribution in [0.25, 0.3) is 0 Å². The van der Waals surface area contributed by atoms with Crippen molar-refractivity contribution in [3.05, 3.63) is 40.5 Å². The average Bonchev–Trinajstić information content (AvgIpc) is 3.12. The van der Waals surface area contributed by atoms with E-state index < -0.39 is 29.1 Å². The number of benzene rings is 1. The summed E-state index contributed by atoms with van der Waals surface area (Å²) in [7, 11) is 1.52. The maximum atomic E-state index is 13.4. The number of alkyl halides is 3. The first-order chi connectivity index (χ1) is 18.6. The highest BCUT2D eigenvalue weighted by atomic mass is 19.4. The van der Waals surface area contributed by atoms with E-state index in [0.29, 0.717) is 24.5 Å². The predicted octanol–water partition coefficient (Wildman–Crippen LogP) is 4.29. The third kappa shape index (κ3) is 7.67. The summed E-state index contributed by atoms with van der Waals surface area (Å²) in [4.78, 5) is 42.5. The molecule has 0 N–H and O–H groups in total. The van der Waals surface area contributed by atoms with Gasteiger partial charge in [-0.15, -0.1) is 0 Å². The van der Waals surface area contributed by atoms with Crippen molar-refractivity contribution >= 4 is 23.4 Å². The monoisotopic (exact) mass is 548 g/mol. The van der Waals surface area contributed by atoms with Gasteiger partial charge in [-0.1, -0.05) is 25.7 Å². The number of hydrogen-bond acceptors (Lipinski definition) is 6. The van der Waals surface area contributed by atoms with Gasteiger partial charge in [-0.25, -0.2) is 4.90 Å². The van der Waals surface area contributed by atoms with Crippen LogP contribution in [0.3, 0.4) is 0 Å². The van der Waals surface area contributed by atoms with Gasteiger partial charge < -0.3 is 9.64 Å². The Morgan fingerprint density at radius 1 is 1.00 bits per heavy atom. The second-order valence-electron chi connectivity index (χ2n) is 9.92. The molecule has 0 atom stereocenters. The van der Waals surface area contributed by atoms with Crippen molar-refractivity contribution in [2.75, 3.05) is 51.3 Å². The molecule has 0 saturated carbocycles. The van der Waals surface area contributed by atoms with Gasteiger partial charge in [0.15, 0.2) is 0 Å². The first kappa shape index (κ1) is 30.3. The van der Waals surface area contributed by atoms with Crippen LogP contribution in [0, 0.1) is 11.3 Å². The van der Waals surface area contributed by atoms with Crippen molar-refractivity contribution in [3.63, 3.8) is 0 Å². The number of carbonyl (C=O) groups is 3. The smallest absolute Gasteiger partial charge is 0.375 e. The Bertz CT molecular complexity index is 1130. The largest absolute Gasteiger partial charge is 0.417 e. The third-order valence-corrected chi connectivity index (χ3v) is 7.27. The third-order valence-electron chi connectivity index (χ3n) is 7.27. The number of piperazine rings is 1. The number of methoxy groups -OCH3 is 1. The number of imide groups is 1. The molecular formula is C28H35F3N4O4. The van der Waals surface area contributed by atoms with Crippen LogP contribution in [0.2, 0.25) is 0 Å². The molecule has 2 aliphatic heterocycles. The van der Waals surface area contributed by atoms with Gasteiger partial charge >= 0.3 is 6.18 Å². The van der Waals surface area contributed by atoms with Gasteiger partial charge in [0.25, 0.3) is 11.8 Å². The van der Waals surface area contributed by atoms with E-state index in [2.05, 4.69) is 4.90 Å². The van der Waals surface area contributed by atoms with Crippen molar-refractivity contribution in [1.82, 2.24) is 9.80 Å². The van der Waals surface area contributed by atoms with E-state index in [-0.39, 0.29) is 23.8 Å². The average molecular weight is 549 g/mol. The van der Waals surface area contributed by atoms with Crippen LogP contribution >= 0.6 is 0 Å². The minimum atomic E-state index is -4.78. The Balaban J connectivity index is 1.38. The lowest BCUT2D eigenvalue weighted by atomic mass is 10.0. The maximum absolute atomic E-state index is 13.4. The number of hydrogen-bond donors (Lipinski definition) is 0. The lowest BCUT2D eigenvalue weighted by molar-refractivity contribution is -0.138. The molecule has 0 bridgehead atoms. The number of carbonyl (C=O) groups excluding carboxylic acids is 3. The quantitative estimate of drug-likeness (QED) is 0.286. The van der Waals surface area contributed by atoms with Crippen LogP contribution < -0.4 is 4.90 Å². The van der Waals surface area contributed by atoms with Crippen LogP contribution in [0.4, 0.5) is 18.9 Å². The molecule has 0 unspecified atom stereocenters. The molecule has 0 spiro atoms. The topological polar surface area (TPSA) is 93.9 Å². The summed E-state index contributed by atoms with van der Waals surface area (Å²) in [5.41, 5.74) is -1.34.